The van der Waals surface area contributed by atoms with Crippen LogP contribution in [-0.2, 0) is 0 Å². The molecule has 0 bridgehead atoms. The average Bonchev–Trinajstić information content (AvgIpc) is 2.82. The molecule has 0 aliphatic rings. The van der Waals surface area contributed by atoms with Crippen LogP contribution >= 0.6 is 11.3 Å². The van der Waals surface area contributed by atoms with Crippen molar-refractivity contribution in [1.29, 1.82) is 0 Å². The molecular formula is C15H12FN3OS. The molecular weight excluding hydrogens is 289 g/mol. The van der Waals surface area contributed by atoms with Crippen LogP contribution in [0.5, 0.6) is 0 Å². The summed E-state index contributed by atoms with van der Waals surface area (Å²) in [6.45, 7) is 1.61. The third-order valence-corrected chi connectivity index (χ3v) is 4.35. The van der Waals surface area contributed by atoms with Crippen molar-refractivity contribution in [2.75, 3.05) is 11.1 Å². The second kappa shape index (κ2) is 5.14. The zero-order chi connectivity index (χ0) is 15.0. The number of carbonyl (C=O) groups is 1. The molecule has 2 heterocycles. The Morgan fingerprint density at radius 3 is 2.90 bits per heavy atom. The molecule has 1 aromatic carbocycles. The molecule has 0 saturated carbocycles. The quantitative estimate of drug-likeness (QED) is 0.760. The van der Waals surface area contributed by atoms with Crippen LogP contribution in [-0.4, -0.2) is 10.9 Å². The summed E-state index contributed by atoms with van der Waals surface area (Å²) in [7, 11) is 0. The Morgan fingerprint density at radius 2 is 2.14 bits per heavy atom. The van der Waals surface area contributed by atoms with Gasteiger partial charge in [-0.25, -0.2) is 9.37 Å². The molecule has 0 radical (unpaired) electrons. The number of carbonyl (C=O) groups excluding carboxylic acids is 1. The van der Waals surface area contributed by atoms with Gasteiger partial charge in [0.2, 0.25) is 0 Å². The van der Waals surface area contributed by atoms with Crippen molar-refractivity contribution in [2.24, 2.45) is 0 Å². The van der Waals surface area contributed by atoms with Crippen molar-refractivity contribution in [3.05, 3.63) is 52.8 Å². The maximum atomic E-state index is 13.5. The monoisotopic (exact) mass is 301 g/mol. The van der Waals surface area contributed by atoms with Gasteiger partial charge in [-0.2, -0.15) is 0 Å². The lowest BCUT2D eigenvalue weighted by atomic mass is 10.2. The Balaban J connectivity index is 1.97. The number of fused-ring (bicyclic) bond motifs is 1. The highest BCUT2D eigenvalue weighted by molar-refractivity contribution is 7.21. The normalized spacial score (nSPS) is 10.8. The SMILES string of the molecule is Cc1c(F)cccc1NC(=O)c1sc2ncccc2c1N. The summed E-state index contributed by atoms with van der Waals surface area (Å²) in [6.07, 6.45) is 1.65. The number of hydrogen-bond acceptors (Lipinski definition) is 4. The number of halogens is 1. The maximum Gasteiger partial charge on any atom is 0.267 e. The van der Waals surface area contributed by atoms with Crippen molar-refractivity contribution in [1.82, 2.24) is 4.98 Å². The number of nitrogens with two attached hydrogens (primary N) is 1. The third-order valence-electron chi connectivity index (χ3n) is 3.23. The Kier molecular flexibility index (Phi) is 3.31. The second-order valence-corrected chi connectivity index (χ2v) is 5.57. The van der Waals surface area contributed by atoms with Crippen molar-refractivity contribution >= 4 is 38.8 Å². The molecule has 0 aliphatic heterocycles. The Bertz CT molecular complexity index is 844. The molecule has 0 atom stereocenters. The van der Waals surface area contributed by atoms with Gasteiger partial charge in [-0.05, 0) is 31.2 Å². The zero-order valence-corrected chi connectivity index (χ0v) is 12.0. The third kappa shape index (κ3) is 2.34. The second-order valence-electron chi connectivity index (χ2n) is 4.57. The number of anilines is 2. The number of hydrogen-bond donors (Lipinski definition) is 2. The van der Waals surface area contributed by atoms with E-state index in [2.05, 4.69) is 10.3 Å². The van der Waals surface area contributed by atoms with E-state index < -0.39 is 0 Å². The maximum absolute atomic E-state index is 13.5. The summed E-state index contributed by atoms with van der Waals surface area (Å²) < 4.78 is 13.5. The van der Waals surface area contributed by atoms with Crippen LogP contribution in [0.1, 0.15) is 15.2 Å². The van der Waals surface area contributed by atoms with Gasteiger partial charge in [-0.15, -0.1) is 11.3 Å². The Hall–Kier alpha value is -2.47. The van der Waals surface area contributed by atoms with E-state index in [1.165, 1.54) is 17.4 Å². The highest BCUT2D eigenvalue weighted by Gasteiger charge is 2.18. The minimum absolute atomic E-state index is 0.357. The summed E-state index contributed by atoms with van der Waals surface area (Å²) >= 11 is 1.22. The van der Waals surface area contributed by atoms with Crippen molar-refractivity contribution in [3.8, 4) is 0 Å². The molecule has 0 saturated heterocycles. The molecule has 4 nitrogen and oxygen atoms in total. The molecule has 6 heteroatoms. The van der Waals surface area contributed by atoms with Gasteiger partial charge in [-0.3, -0.25) is 4.79 Å². The van der Waals surface area contributed by atoms with Gasteiger partial charge >= 0.3 is 0 Å². The molecule has 106 valence electrons. The van der Waals surface area contributed by atoms with Crippen LogP contribution in [0.15, 0.2) is 36.5 Å². The number of rotatable bonds is 2. The fraction of sp³-hybridized carbons (Fsp3) is 0.0667. The highest BCUT2D eigenvalue weighted by atomic mass is 32.1. The largest absolute Gasteiger partial charge is 0.397 e. The summed E-state index contributed by atoms with van der Waals surface area (Å²) in [5.74, 6) is -0.719. The van der Waals surface area contributed by atoms with E-state index >= 15 is 0 Å². The Morgan fingerprint density at radius 1 is 1.33 bits per heavy atom. The first-order valence-electron chi connectivity index (χ1n) is 6.27. The van der Waals surface area contributed by atoms with Crippen molar-refractivity contribution < 1.29 is 9.18 Å². The molecule has 0 aliphatic carbocycles. The van der Waals surface area contributed by atoms with E-state index in [0.29, 0.717) is 26.6 Å². The summed E-state index contributed by atoms with van der Waals surface area (Å²) in [5.41, 5.74) is 7.22. The van der Waals surface area contributed by atoms with Crippen LogP contribution in [0.4, 0.5) is 15.8 Å². The fourth-order valence-electron chi connectivity index (χ4n) is 2.04. The van der Waals surface area contributed by atoms with E-state index in [0.717, 1.165) is 5.39 Å². The number of benzene rings is 1. The first-order valence-corrected chi connectivity index (χ1v) is 7.09. The zero-order valence-electron chi connectivity index (χ0n) is 11.2. The predicted molar refractivity (Wildman–Crippen MR) is 83.1 cm³/mol. The topological polar surface area (TPSA) is 68.0 Å². The lowest BCUT2D eigenvalue weighted by molar-refractivity contribution is 0.103. The number of nitrogens with one attached hydrogen (secondary N) is 1. The van der Waals surface area contributed by atoms with E-state index in [1.807, 2.05) is 6.07 Å². The van der Waals surface area contributed by atoms with Gasteiger partial charge in [0.15, 0.2) is 0 Å². The predicted octanol–water partition coefficient (Wildman–Crippen LogP) is 3.58. The van der Waals surface area contributed by atoms with Crippen LogP contribution in [0.2, 0.25) is 0 Å². The van der Waals surface area contributed by atoms with Gasteiger partial charge in [0.25, 0.3) is 5.91 Å². The number of aromatic nitrogens is 1. The van der Waals surface area contributed by atoms with Crippen molar-refractivity contribution in [2.45, 2.75) is 6.92 Å². The van der Waals surface area contributed by atoms with E-state index in [4.69, 9.17) is 5.73 Å². The molecule has 0 spiro atoms. The molecule has 2 aromatic heterocycles. The molecule has 3 rings (SSSR count). The summed E-state index contributed by atoms with van der Waals surface area (Å²) in [5, 5.41) is 3.45. The summed E-state index contributed by atoms with van der Waals surface area (Å²) in [4.78, 5) is 17.6. The molecule has 21 heavy (non-hydrogen) atoms. The molecule has 0 fully saturated rings. The van der Waals surface area contributed by atoms with Crippen LogP contribution < -0.4 is 11.1 Å². The highest BCUT2D eigenvalue weighted by Crippen LogP contribution is 2.32. The summed E-state index contributed by atoms with van der Waals surface area (Å²) in [6, 6.07) is 8.14. The van der Waals surface area contributed by atoms with Gasteiger partial charge in [0.1, 0.15) is 15.5 Å². The first kappa shape index (κ1) is 13.5. The van der Waals surface area contributed by atoms with Crippen LogP contribution in [0, 0.1) is 12.7 Å². The number of nitrogens with zero attached hydrogens (tertiary/aromatic N) is 1. The first-order chi connectivity index (χ1) is 10.1. The Labute approximate surface area is 124 Å². The minimum Gasteiger partial charge on any atom is -0.397 e. The smallest absolute Gasteiger partial charge is 0.267 e. The fourth-order valence-corrected chi connectivity index (χ4v) is 3.00. The minimum atomic E-state index is -0.362. The standard InChI is InChI=1S/C15H12FN3OS/c1-8-10(16)5-2-6-11(8)19-14(20)13-12(17)9-4-3-7-18-15(9)21-13/h2-7H,17H2,1H3,(H,19,20). The van der Waals surface area contributed by atoms with Gasteiger partial charge in [0, 0.05) is 22.8 Å². The number of nitrogen functional groups attached to an aromatic ring is 1. The van der Waals surface area contributed by atoms with Crippen LogP contribution in [0.3, 0.4) is 0 Å². The van der Waals surface area contributed by atoms with Crippen LogP contribution in [0.25, 0.3) is 10.2 Å². The molecule has 3 N–H and O–H groups in total. The molecule has 3 aromatic rings. The molecule has 1 amide bonds. The lowest BCUT2D eigenvalue weighted by Crippen LogP contribution is -2.13. The molecule has 0 unspecified atom stereocenters. The van der Waals surface area contributed by atoms with Gasteiger partial charge in [0.05, 0.1) is 5.69 Å². The van der Waals surface area contributed by atoms with Gasteiger partial charge in [-0.1, -0.05) is 6.07 Å². The van der Waals surface area contributed by atoms with E-state index in [1.54, 1.807) is 31.3 Å². The van der Waals surface area contributed by atoms with Crippen molar-refractivity contribution in [3.63, 3.8) is 0 Å². The average molecular weight is 301 g/mol. The number of pyridine rings is 1. The van der Waals surface area contributed by atoms with E-state index in [-0.39, 0.29) is 11.7 Å². The lowest BCUT2D eigenvalue weighted by Gasteiger charge is -2.08. The number of thiophene rings is 1. The number of amides is 1. The van der Waals surface area contributed by atoms with Gasteiger partial charge < -0.3 is 11.1 Å². The van der Waals surface area contributed by atoms with E-state index in [9.17, 15) is 9.18 Å².